The van der Waals surface area contributed by atoms with Crippen LogP contribution in [-0.2, 0) is 23.5 Å². The molecule has 11 nitrogen and oxygen atoms in total. The molecule has 4 rings (SSSR count). The highest BCUT2D eigenvalue weighted by Crippen LogP contribution is 2.32. The number of benzene rings is 1. The topological polar surface area (TPSA) is 134 Å². The van der Waals surface area contributed by atoms with Gasteiger partial charge in [-0.05, 0) is 31.0 Å². The highest BCUT2D eigenvalue weighted by molar-refractivity contribution is 7.89. The monoisotopic (exact) mass is 518 g/mol. The second-order valence-electron chi connectivity index (χ2n) is 8.91. The van der Waals surface area contributed by atoms with Crippen molar-refractivity contribution in [3.8, 4) is 17.1 Å². The number of piperazine rings is 1. The number of hydrogen-bond acceptors (Lipinski definition) is 8. The Morgan fingerprint density at radius 2 is 1.86 bits per heavy atom. The van der Waals surface area contributed by atoms with Crippen LogP contribution < -0.4 is 10.3 Å². The largest absolute Gasteiger partial charge is 0.493 e. The molecule has 2 N–H and O–H groups in total. The minimum Gasteiger partial charge on any atom is -0.493 e. The Morgan fingerprint density at radius 1 is 1.11 bits per heavy atom. The van der Waals surface area contributed by atoms with Gasteiger partial charge in [-0.3, -0.25) is 14.4 Å². The molecule has 0 atom stereocenters. The van der Waals surface area contributed by atoms with E-state index in [-0.39, 0.29) is 28.4 Å². The molecule has 1 saturated heterocycles. The number of β-amino-alcohol motifs (C(OH)–C–C–N with tert-alkyl or cyclic N) is 1. The summed E-state index contributed by atoms with van der Waals surface area (Å²) in [7, 11) is -1.99. The summed E-state index contributed by atoms with van der Waals surface area (Å²) < 4.78 is 36.0. The molecule has 1 fully saturated rings. The first-order valence-electron chi connectivity index (χ1n) is 12.4. The fourth-order valence-electron chi connectivity index (χ4n) is 4.45. The van der Waals surface area contributed by atoms with Crippen molar-refractivity contribution in [1.82, 2.24) is 29.0 Å². The third kappa shape index (κ3) is 5.17. The van der Waals surface area contributed by atoms with Gasteiger partial charge in [0.05, 0.1) is 29.4 Å². The lowest BCUT2D eigenvalue weighted by Crippen LogP contribution is -2.49. The molecule has 1 aliphatic heterocycles. The molecular formula is C24H34N6O5S. The minimum atomic E-state index is -3.78. The van der Waals surface area contributed by atoms with Gasteiger partial charge in [0.2, 0.25) is 10.0 Å². The van der Waals surface area contributed by atoms with Crippen LogP contribution in [0.25, 0.3) is 22.4 Å². The number of nitrogens with zero attached hydrogens (tertiary/aromatic N) is 5. The van der Waals surface area contributed by atoms with E-state index in [2.05, 4.69) is 10.1 Å². The lowest BCUT2D eigenvalue weighted by Gasteiger charge is -2.33. The summed E-state index contributed by atoms with van der Waals surface area (Å²) in [4.78, 5) is 22.6. The number of aromatic amines is 1. The van der Waals surface area contributed by atoms with Crippen LogP contribution in [0.2, 0.25) is 0 Å². The summed E-state index contributed by atoms with van der Waals surface area (Å²) in [5.74, 6) is 0.695. The van der Waals surface area contributed by atoms with E-state index >= 15 is 0 Å². The lowest BCUT2D eigenvalue weighted by molar-refractivity contribution is 0.151. The van der Waals surface area contributed by atoms with Gasteiger partial charge in [-0.2, -0.15) is 9.40 Å². The summed E-state index contributed by atoms with van der Waals surface area (Å²) in [6.45, 7) is 6.81. The standard InChI is InChI=1S/C24H34N6O5S/c1-4-6-19-21-22(27-28(19)3)24(32)26-23(25-21)18-16-17(7-8-20(18)35-15-5-2)36(33,34)30-11-9-29(10-12-30)13-14-31/h7-8,16,31H,4-6,9-15H2,1-3H3,(H,25,26,32). The number of H-pyrrole nitrogens is 1. The average Bonchev–Trinajstić information content (AvgIpc) is 3.19. The summed E-state index contributed by atoms with van der Waals surface area (Å²) in [6, 6.07) is 4.69. The molecule has 0 aliphatic carbocycles. The van der Waals surface area contributed by atoms with E-state index in [0.717, 1.165) is 18.5 Å². The van der Waals surface area contributed by atoms with Gasteiger partial charge in [0.25, 0.3) is 5.56 Å². The van der Waals surface area contributed by atoms with Gasteiger partial charge < -0.3 is 14.8 Å². The van der Waals surface area contributed by atoms with Crippen LogP contribution in [0.1, 0.15) is 32.4 Å². The zero-order valence-electron chi connectivity index (χ0n) is 21.0. The Hall–Kier alpha value is -2.80. The number of aromatic nitrogens is 4. The van der Waals surface area contributed by atoms with Gasteiger partial charge in [-0.15, -0.1) is 0 Å². The first kappa shape index (κ1) is 26.3. The number of aliphatic hydroxyl groups is 1. The van der Waals surface area contributed by atoms with Gasteiger partial charge >= 0.3 is 0 Å². The van der Waals surface area contributed by atoms with Crippen LogP contribution in [0, 0.1) is 0 Å². The SMILES string of the molecule is CCCOc1ccc(S(=O)(=O)N2CCN(CCO)CC2)cc1-c1nc2c(CCC)n(C)nc2c(=O)[nH]1. The smallest absolute Gasteiger partial charge is 0.279 e. The van der Waals surface area contributed by atoms with E-state index < -0.39 is 10.0 Å². The molecule has 0 unspecified atom stereocenters. The predicted molar refractivity (Wildman–Crippen MR) is 137 cm³/mol. The fourth-order valence-corrected chi connectivity index (χ4v) is 5.89. The average molecular weight is 519 g/mol. The Balaban J connectivity index is 1.78. The van der Waals surface area contributed by atoms with Crippen molar-refractivity contribution in [3.63, 3.8) is 0 Å². The molecule has 1 aromatic carbocycles. The van der Waals surface area contributed by atoms with Gasteiger partial charge in [-0.1, -0.05) is 20.3 Å². The van der Waals surface area contributed by atoms with Crippen LogP contribution in [0.3, 0.4) is 0 Å². The Bertz CT molecular complexity index is 1380. The lowest BCUT2D eigenvalue weighted by atomic mass is 10.1. The van der Waals surface area contributed by atoms with E-state index in [1.54, 1.807) is 17.8 Å². The molecule has 0 radical (unpaired) electrons. The van der Waals surface area contributed by atoms with Crippen LogP contribution in [0.5, 0.6) is 5.75 Å². The number of aryl methyl sites for hydroxylation is 2. The maximum absolute atomic E-state index is 13.5. The number of aliphatic hydroxyl groups excluding tert-OH is 1. The Kier molecular flexibility index (Phi) is 8.08. The van der Waals surface area contributed by atoms with E-state index in [1.807, 2.05) is 18.7 Å². The zero-order valence-corrected chi connectivity index (χ0v) is 21.8. The molecular weight excluding hydrogens is 484 g/mol. The van der Waals surface area contributed by atoms with E-state index in [1.165, 1.54) is 16.4 Å². The van der Waals surface area contributed by atoms with Crippen molar-refractivity contribution < 1.29 is 18.3 Å². The second kappa shape index (κ2) is 11.1. The van der Waals surface area contributed by atoms with Crippen molar-refractivity contribution >= 4 is 21.1 Å². The van der Waals surface area contributed by atoms with Gasteiger partial charge in [0, 0.05) is 39.8 Å². The van der Waals surface area contributed by atoms with E-state index in [9.17, 15) is 13.2 Å². The molecule has 3 aromatic rings. The van der Waals surface area contributed by atoms with Crippen molar-refractivity contribution in [2.24, 2.45) is 7.05 Å². The molecule has 2 aromatic heterocycles. The maximum atomic E-state index is 13.5. The number of rotatable bonds is 10. The van der Waals surface area contributed by atoms with Crippen molar-refractivity contribution in [2.75, 3.05) is 45.9 Å². The molecule has 3 heterocycles. The fraction of sp³-hybridized carbons (Fsp3) is 0.542. The molecule has 36 heavy (non-hydrogen) atoms. The zero-order chi connectivity index (χ0) is 25.9. The molecule has 0 amide bonds. The van der Waals surface area contributed by atoms with Gasteiger partial charge in [0.1, 0.15) is 17.1 Å². The first-order chi connectivity index (χ1) is 17.3. The van der Waals surface area contributed by atoms with E-state index in [0.29, 0.717) is 62.6 Å². The first-order valence-corrected chi connectivity index (χ1v) is 13.8. The third-order valence-corrected chi connectivity index (χ3v) is 8.24. The van der Waals surface area contributed by atoms with Gasteiger partial charge in [0.15, 0.2) is 5.52 Å². The molecule has 1 aliphatic rings. The molecule has 0 saturated carbocycles. The minimum absolute atomic E-state index is 0.0434. The molecule has 0 spiro atoms. The molecule has 12 heteroatoms. The van der Waals surface area contributed by atoms with Crippen LogP contribution in [-0.4, -0.2) is 88.4 Å². The van der Waals surface area contributed by atoms with Crippen LogP contribution in [0.15, 0.2) is 27.9 Å². The maximum Gasteiger partial charge on any atom is 0.279 e. The molecule has 0 bridgehead atoms. The van der Waals surface area contributed by atoms with Crippen LogP contribution >= 0.6 is 0 Å². The normalized spacial score (nSPS) is 15.6. The third-order valence-electron chi connectivity index (χ3n) is 6.35. The number of hydrogen-bond donors (Lipinski definition) is 2. The quantitative estimate of drug-likeness (QED) is 0.411. The Morgan fingerprint density at radius 3 is 2.53 bits per heavy atom. The van der Waals surface area contributed by atoms with Crippen molar-refractivity contribution in [2.45, 2.75) is 38.0 Å². The van der Waals surface area contributed by atoms with E-state index in [4.69, 9.17) is 14.8 Å². The number of ether oxygens (including phenoxy) is 1. The summed E-state index contributed by atoms with van der Waals surface area (Å²) in [5, 5.41) is 13.5. The van der Waals surface area contributed by atoms with Gasteiger partial charge in [-0.25, -0.2) is 13.4 Å². The summed E-state index contributed by atoms with van der Waals surface area (Å²) >= 11 is 0. The number of nitrogens with one attached hydrogen (secondary N) is 1. The number of fused-ring (bicyclic) bond motifs is 1. The second-order valence-corrected chi connectivity index (χ2v) is 10.8. The predicted octanol–water partition coefficient (Wildman–Crippen LogP) is 1.36. The summed E-state index contributed by atoms with van der Waals surface area (Å²) in [6.07, 6.45) is 2.34. The molecule has 196 valence electrons. The Labute approximate surface area is 210 Å². The number of sulfonamides is 1. The van der Waals surface area contributed by atoms with Crippen LogP contribution in [0.4, 0.5) is 0 Å². The van der Waals surface area contributed by atoms with Crippen molar-refractivity contribution in [1.29, 1.82) is 0 Å². The van der Waals surface area contributed by atoms with Crippen molar-refractivity contribution in [3.05, 3.63) is 34.2 Å². The highest BCUT2D eigenvalue weighted by atomic mass is 32.2. The highest BCUT2D eigenvalue weighted by Gasteiger charge is 2.29. The summed E-state index contributed by atoms with van der Waals surface area (Å²) in [5.41, 5.74) is 1.63.